The zero-order chi connectivity index (χ0) is 14.8. The Balaban J connectivity index is 2.57. The van der Waals surface area contributed by atoms with Gasteiger partial charge in [-0.25, -0.2) is 0 Å². The number of rotatable bonds is 9. The molecule has 8 nitrogen and oxygen atoms in total. The maximum Gasteiger partial charge on any atom is 0.323 e. The van der Waals surface area contributed by atoms with Crippen molar-refractivity contribution in [2.24, 2.45) is 0 Å². The molecule has 0 bridgehead atoms. The van der Waals surface area contributed by atoms with Crippen molar-refractivity contribution < 1.29 is 14.3 Å². The number of anilines is 2. The lowest BCUT2D eigenvalue weighted by molar-refractivity contribution is -0.142. The largest absolute Gasteiger partial charge is 0.466 e. The first-order valence-corrected chi connectivity index (χ1v) is 6.65. The standard InChI is InChI=1S/C12H21N5O3/c1-4-8-20-12-16-10(13-3)15-11(17-12)14-7-6-9(18)19-5-2/h4-8H2,1-3H3,(H2,13,14,15,16,17). The van der Waals surface area contributed by atoms with Gasteiger partial charge >= 0.3 is 12.0 Å². The van der Waals surface area contributed by atoms with E-state index in [4.69, 9.17) is 9.47 Å². The second-order valence-corrected chi connectivity index (χ2v) is 3.85. The molecule has 1 aromatic rings. The van der Waals surface area contributed by atoms with Crippen LogP contribution in [0.1, 0.15) is 26.7 Å². The van der Waals surface area contributed by atoms with E-state index in [1.54, 1.807) is 14.0 Å². The van der Waals surface area contributed by atoms with Crippen LogP contribution in [0.4, 0.5) is 11.9 Å². The number of nitrogens with one attached hydrogen (secondary N) is 2. The molecule has 0 aliphatic rings. The van der Waals surface area contributed by atoms with Crippen molar-refractivity contribution in [3.63, 3.8) is 0 Å². The molecule has 20 heavy (non-hydrogen) atoms. The van der Waals surface area contributed by atoms with Gasteiger partial charge in [0.25, 0.3) is 0 Å². The molecule has 2 N–H and O–H groups in total. The maximum atomic E-state index is 11.2. The number of esters is 1. The summed E-state index contributed by atoms with van der Waals surface area (Å²) < 4.78 is 10.2. The second kappa shape index (κ2) is 8.89. The Bertz CT molecular complexity index is 428. The molecular weight excluding hydrogens is 262 g/mol. The van der Waals surface area contributed by atoms with Crippen molar-refractivity contribution in [1.29, 1.82) is 0 Å². The SMILES string of the molecule is CCCOc1nc(NC)nc(NCCC(=O)OCC)n1. The number of nitrogens with zero attached hydrogens (tertiary/aromatic N) is 3. The molecule has 112 valence electrons. The van der Waals surface area contributed by atoms with Crippen LogP contribution in [0, 0.1) is 0 Å². The minimum absolute atomic E-state index is 0.250. The Morgan fingerprint density at radius 1 is 1.20 bits per heavy atom. The zero-order valence-electron chi connectivity index (χ0n) is 12.1. The summed E-state index contributed by atoms with van der Waals surface area (Å²) in [6.45, 7) is 5.07. The van der Waals surface area contributed by atoms with Crippen molar-refractivity contribution >= 4 is 17.9 Å². The number of hydrogen-bond acceptors (Lipinski definition) is 8. The molecule has 0 unspecified atom stereocenters. The molecule has 0 saturated heterocycles. The Morgan fingerprint density at radius 2 is 1.95 bits per heavy atom. The molecular formula is C12H21N5O3. The molecule has 0 aliphatic carbocycles. The van der Waals surface area contributed by atoms with Gasteiger partial charge in [-0.2, -0.15) is 15.0 Å². The number of hydrogen-bond donors (Lipinski definition) is 2. The molecule has 1 rings (SSSR count). The van der Waals surface area contributed by atoms with Crippen molar-refractivity contribution in [2.45, 2.75) is 26.7 Å². The van der Waals surface area contributed by atoms with Gasteiger partial charge in [-0.3, -0.25) is 4.79 Å². The third kappa shape index (κ3) is 5.68. The molecule has 0 atom stereocenters. The van der Waals surface area contributed by atoms with Gasteiger partial charge in [-0.05, 0) is 13.3 Å². The predicted octanol–water partition coefficient (Wildman–Crippen LogP) is 1.07. The molecule has 0 aromatic carbocycles. The Labute approximate surface area is 118 Å². The summed E-state index contributed by atoms with van der Waals surface area (Å²) in [6.07, 6.45) is 1.12. The van der Waals surface area contributed by atoms with Crippen LogP contribution in [0.25, 0.3) is 0 Å². The molecule has 0 aliphatic heterocycles. The first-order valence-electron chi connectivity index (χ1n) is 6.65. The number of carbonyl (C=O) groups is 1. The van der Waals surface area contributed by atoms with Crippen LogP contribution in [0.3, 0.4) is 0 Å². The zero-order valence-corrected chi connectivity index (χ0v) is 12.1. The third-order valence-electron chi connectivity index (χ3n) is 2.19. The van der Waals surface area contributed by atoms with E-state index in [9.17, 15) is 4.79 Å². The minimum atomic E-state index is -0.259. The van der Waals surface area contributed by atoms with Crippen molar-refractivity contribution in [3.8, 4) is 6.01 Å². The van der Waals surface area contributed by atoms with E-state index in [1.807, 2.05) is 6.92 Å². The van der Waals surface area contributed by atoms with Crippen LogP contribution in [-0.4, -0.2) is 47.7 Å². The molecule has 0 fully saturated rings. The van der Waals surface area contributed by atoms with Crippen LogP contribution < -0.4 is 15.4 Å². The highest BCUT2D eigenvalue weighted by Gasteiger charge is 2.07. The first-order chi connectivity index (χ1) is 9.69. The average molecular weight is 283 g/mol. The maximum absolute atomic E-state index is 11.2. The Morgan fingerprint density at radius 3 is 2.60 bits per heavy atom. The second-order valence-electron chi connectivity index (χ2n) is 3.85. The summed E-state index contributed by atoms with van der Waals surface area (Å²) in [5, 5.41) is 5.77. The summed E-state index contributed by atoms with van der Waals surface area (Å²) >= 11 is 0. The van der Waals surface area contributed by atoms with Crippen LogP contribution in [0.5, 0.6) is 6.01 Å². The third-order valence-corrected chi connectivity index (χ3v) is 2.19. The van der Waals surface area contributed by atoms with Crippen LogP contribution in [0.2, 0.25) is 0 Å². The van der Waals surface area contributed by atoms with E-state index in [2.05, 4.69) is 25.6 Å². The topological polar surface area (TPSA) is 98.3 Å². The fourth-order valence-electron chi connectivity index (χ4n) is 1.31. The normalized spacial score (nSPS) is 9.95. The summed E-state index contributed by atoms with van der Waals surface area (Å²) in [5.41, 5.74) is 0. The van der Waals surface area contributed by atoms with Gasteiger partial charge in [-0.15, -0.1) is 0 Å². The highest BCUT2D eigenvalue weighted by molar-refractivity contribution is 5.69. The van der Waals surface area contributed by atoms with Crippen LogP contribution in [-0.2, 0) is 9.53 Å². The number of ether oxygens (including phenoxy) is 2. The minimum Gasteiger partial charge on any atom is -0.466 e. The molecule has 0 amide bonds. The van der Waals surface area contributed by atoms with E-state index in [1.165, 1.54) is 0 Å². The summed E-state index contributed by atoms with van der Waals surface area (Å²) in [4.78, 5) is 23.5. The Hall–Kier alpha value is -2.12. The van der Waals surface area contributed by atoms with Gasteiger partial charge < -0.3 is 20.1 Å². The Kier molecular flexibility index (Phi) is 7.08. The van der Waals surface area contributed by atoms with Crippen LogP contribution in [0.15, 0.2) is 0 Å². The van der Waals surface area contributed by atoms with Crippen molar-refractivity contribution in [3.05, 3.63) is 0 Å². The van der Waals surface area contributed by atoms with Crippen molar-refractivity contribution in [1.82, 2.24) is 15.0 Å². The molecule has 8 heteroatoms. The number of carbonyl (C=O) groups excluding carboxylic acids is 1. The lowest BCUT2D eigenvalue weighted by Gasteiger charge is -2.08. The molecule has 0 saturated carbocycles. The van der Waals surface area contributed by atoms with Crippen LogP contribution >= 0.6 is 0 Å². The fourth-order valence-corrected chi connectivity index (χ4v) is 1.31. The van der Waals surface area contributed by atoms with E-state index < -0.39 is 0 Å². The number of aromatic nitrogens is 3. The summed E-state index contributed by atoms with van der Waals surface area (Å²) in [7, 11) is 1.71. The molecule has 0 spiro atoms. The fraction of sp³-hybridized carbons (Fsp3) is 0.667. The van der Waals surface area contributed by atoms with Gasteiger partial charge in [0.2, 0.25) is 11.9 Å². The summed E-state index contributed by atoms with van der Waals surface area (Å²) in [6, 6.07) is 0.254. The van der Waals surface area contributed by atoms with E-state index in [-0.39, 0.29) is 18.4 Å². The highest BCUT2D eigenvalue weighted by atomic mass is 16.5. The predicted molar refractivity (Wildman–Crippen MR) is 74.9 cm³/mol. The van der Waals surface area contributed by atoms with Gasteiger partial charge in [0.1, 0.15) is 0 Å². The van der Waals surface area contributed by atoms with E-state index in [0.29, 0.717) is 31.7 Å². The van der Waals surface area contributed by atoms with E-state index in [0.717, 1.165) is 6.42 Å². The lowest BCUT2D eigenvalue weighted by atomic mass is 10.4. The monoisotopic (exact) mass is 283 g/mol. The lowest BCUT2D eigenvalue weighted by Crippen LogP contribution is -2.14. The first kappa shape index (κ1) is 15.9. The average Bonchev–Trinajstić information content (AvgIpc) is 2.45. The molecule has 0 radical (unpaired) electrons. The van der Waals surface area contributed by atoms with Gasteiger partial charge in [-0.1, -0.05) is 6.92 Å². The van der Waals surface area contributed by atoms with Crippen molar-refractivity contribution in [2.75, 3.05) is 37.4 Å². The van der Waals surface area contributed by atoms with E-state index >= 15 is 0 Å². The van der Waals surface area contributed by atoms with Gasteiger partial charge in [0.05, 0.1) is 19.6 Å². The van der Waals surface area contributed by atoms with Gasteiger partial charge in [0, 0.05) is 13.6 Å². The van der Waals surface area contributed by atoms with Gasteiger partial charge in [0.15, 0.2) is 0 Å². The highest BCUT2D eigenvalue weighted by Crippen LogP contribution is 2.11. The quantitative estimate of drug-likeness (QED) is 0.649. The smallest absolute Gasteiger partial charge is 0.323 e. The summed E-state index contributed by atoms with van der Waals surface area (Å²) in [5.74, 6) is 0.509. The molecule has 1 aromatic heterocycles. The molecule has 1 heterocycles.